The Morgan fingerprint density at radius 3 is 2.27 bits per heavy atom. The predicted octanol–water partition coefficient (Wildman–Crippen LogP) is 3.00. The minimum atomic E-state index is -0.341. The lowest BCUT2D eigenvalue weighted by molar-refractivity contribution is -0.140. The monoisotopic (exact) mass is 507 g/mol. The van der Waals surface area contributed by atoms with Crippen molar-refractivity contribution in [3.8, 4) is 22.8 Å². The fraction of sp³-hybridized carbons (Fsp3) is 0.333. The Morgan fingerprint density at radius 1 is 0.946 bits per heavy atom. The Labute approximate surface area is 215 Å². The number of anilines is 1. The van der Waals surface area contributed by atoms with Gasteiger partial charge in [-0.2, -0.15) is 0 Å². The van der Waals surface area contributed by atoms with Gasteiger partial charge in [0, 0.05) is 51.3 Å². The number of halogens is 1. The van der Waals surface area contributed by atoms with Crippen molar-refractivity contribution in [2.45, 2.75) is 13.5 Å². The zero-order valence-electron chi connectivity index (χ0n) is 21.2. The molecule has 2 heterocycles. The van der Waals surface area contributed by atoms with Gasteiger partial charge < -0.3 is 24.2 Å². The number of methoxy groups -OCH3 is 2. The van der Waals surface area contributed by atoms with Gasteiger partial charge in [-0.05, 0) is 42.0 Å². The summed E-state index contributed by atoms with van der Waals surface area (Å²) in [5.74, 6) is 1.40. The molecule has 194 valence electrons. The third-order valence-corrected chi connectivity index (χ3v) is 6.35. The second-order valence-electron chi connectivity index (χ2n) is 8.71. The van der Waals surface area contributed by atoms with E-state index in [9.17, 15) is 14.0 Å². The fourth-order valence-corrected chi connectivity index (χ4v) is 4.18. The number of aromatic nitrogens is 2. The molecule has 1 aliphatic heterocycles. The van der Waals surface area contributed by atoms with Crippen LogP contribution in [0.5, 0.6) is 11.5 Å². The van der Waals surface area contributed by atoms with E-state index in [1.807, 2.05) is 24.3 Å². The number of amides is 2. The Balaban J connectivity index is 1.34. The Bertz CT molecular complexity index is 1230. The lowest BCUT2D eigenvalue weighted by atomic mass is 10.1. The van der Waals surface area contributed by atoms with Gasteiger partial charge in [0.2, 0.25) is 11.8 Å². The molecule has 1 aromatic heterocycles. The van der Waals surface area contributed by atoms with Crippen molar-refractivity contribution in [1.29, 1.82) is 0 Å². The predicted molar refractivity (Wildman–Crippen MR) is 137 cm³/mol. The molecule has 0 unspecified atom stereocenters. The zero-order valence-corrected chi connectivity index (χ0v) is 21.2. The smallest absolute Gasteiger partial charge is 0.242 e. The quantitative estimate of drug-likeness (QED) is 0.463. The number of hydrogen-bond donors (Lipinski definition) is 0. The van der Waals surface area contributed by atoms with E-state index in [0.29, 0.717) is 43.4 Å². The van der Waals surface area contributed by atoms with Crippen LogP contribution < -0.4 is 14.4 Å². The minimum Gasteiger partial charge on any atom is -0.497 e. The molecule has 1 fully saturated rings. The third kappa shape index (κ3) is 6.32. The number of carbonyl (C=O) groups excluding carboxylic acids is 2. The van der Waals surface area contributed by atoms with Crippen LogP contribution in [0.2, 0.25) is 0 Å². The summed E-state index contributed by atoms with van der Waals surface area (Å²) in [6.45, 7) is 3.88. The summed E-state index contributed by atoms with van der Waals surface area (Å²) in [5.41, 5.74) is 2.26. The highest BCUT2D eigenvalue weighted by molar-refractivity contribution is 5.84. The highest BCUT2D eigenvalue weighted by Crippen LogP contribution is 2.32. The summed E-state index contributed by atoms with van der Waals surface area (Å²) in [6, 6.07) is 15.2. The van der Waals surface area contributed by atoms with Crippen molar-refractivity contribution in [2.24, 2.45) is 0 Å². The first kappa shape index (κ1) is 25.9. The Morgan fingerprint density at radius 2 is 1.68 bits per heavy atom. The van der Waals surface area contributed by atoms with Crippen LogP contribution in [0.25, 0.3) is 11.3 Å². The van der Waals surface area contributed by atoms with Crippen molar-refractivity contribution >= 4 is 17.6 Å². The van der Waals surface area contributed by atoms with Gasteiger partial charge in [0.05, 0.1) is 19.9 Å². The molecule has 0 radical (unpaired) electrons. The number of rotatable bonds is 8. The second kappa shape index (κ2) is 11.7. The summed E-state index contributed by atoms with van der Waals surface area (Å²) < 4.78 is 23.9. The van der Waals surface area contributed by atoms with Gasteiger partial charge in [0.15, 0.2) is 5.82 Å². The number of benzene rings is 2. The molecule has 37 heavy (non-hydrogen) atoms. The molecule has 0 atom stereocenters. The van der Waals surface area contributed by atoms with E-state index >= 15 is 0 Å². The molecular formula is C27H30FN5O4. The lowest BCUT2D eigenvalue weighted by Crippen LogP contribution is -2.51. The maximum absolute atomic E-state index is 13.2. The number of piperazine rings is 1. The molecule has 0 aliphatic carbocycles. The average Bonchev–Trinajstić information content (AvgIpc) is 2.93. The molecule has 1 saturated heterocycles. The van der Waals surface area contributed by atoms with Gasteiger partial charge in [-0.1, -0.05) is 12.1 Å². The van der Waals surface area contributed by atoms with Gasteiger partial charge in [0.25, 0.3) is 0 Å². The van der Waals surface area contributed by atoms with E-state index in [0.717, 1.165) is 16.9 Å². The van der Waals surface area contributed by atoms with E-state index in [1.54, 1.807) is 37.3 Å². The molecule has 0 N–H and O–H groups in total. The van der Waals surface area contributed by atoms with Crippen LogP contribution in [0.3, 0.4) is 0 Å². The van der Waals surface area contributed by atoms with Crippen LogP contribution in [0.4, 0.5) is 10.2 Å². The standard InChI is InChI=1S/C27H30FN5O4/c1-19(34)33(17-20-4-6-21(28)7-5-20)18-27(35)32-14-12-31(13-15-32)26-11-10-24(29-30-26)23-9-8-22(36-2)16-25(23)37-3/h4-11,16H,12-15,17-18H2,1-3H3. The van der Waals surface area contributed by atoms with Gasteiger partial charge >= 0.3 is 0 Å². The molecule has 3 aromatic rings. The van der Waals surface area contributed by atoms with E-state index in [2.05, 4.69) is 15.1 Å². The Kier molecular flexibility index (Phi) is 8.17. The first-order valence-electron chi connectivity index (χ1n) is 12.0. The third-order valence-electron chi connectivity index (χ3n) is 6.35. The molecule has 10 heteroatoms. The minimum absolute atomic E-state index is 0.0229. The molecule has 0 spiro atoms. The highest BCUT2D eigenvalue weighted by Gasteiger charge is 2.25. The second-order valence-corrected chi connectivity index (χ2v) is 8.71. The number of carbonyl (C=O) groups is 2. The van der Waals surface area contributed by atoms with E-state index < -0.39 is 0 Å². The van der Waals surface area contributed by atoms with Crippen LogP contribution >= 0.6 is 0 Å². The van der Waals surface area contributed by atoms with E-state index in [4.69, 9.17) is 9.47 Å². The number of nitrogens with zero attached hydrogens (tertiary/aromatic N) is 5. The van der Waals surface area contributed by atoms with Crippen molar-refractivity contribution < 1.29 is 23.5 Å². The topological polar surface area (TPSA) is 88.1 Å². The summed E-state index contributed by atoms with van der Waals surface area (Å²) in [6.07, 6.45) is 0. The van der Waals surface area contributed by atoms with Crippen LogP contribution in [0, 0.1) is 5.82 Å². The Hall–Kier alpha value is -4.21. The average molecular weight is 508 g/mol. The van der Waals surface area contributed by atoms with Gasteiger partial charge in [-0.25, -0.2) is 4.39 Å². The van der Waals surface area contributed by atoms with Crippen LogP contribution in [0.15, 0.2) is 54.6 Å². The molecule has 2 amide bonds. The van der Waals surface area contributed by atoms with Gasteiger partial charge in [-0.3, -0.25) is 9.59 Å². The van der Waals surface area contributed by atoms with Crippen molar-refractivity contribution in [3.63, 3.8) is 0 Å². The summed E-state index contributed by atoms with van der Waals surface area (Å²) >= 11 is 0. The number of hydrogen-bond acceptors (Lipinski definition) is 7. The first-order chi connectivity index (χ1) is 17.9. The van der Waals surface area contributed by atoms with Crippen molar-refractivity contribution in [3.05, 3.63) is 66.0 Å². The molecule has 0 saturated carbocycles. The summed E-state index contributed by atoms with van der Waals surface area (Å²) in [5, 5.41) is 8.78. The molecular weight excluding hydrogens is 477 g/mol. The van der Waals surface area contributed by atoms with E-state index in [1.165, 1.54) is 24.0 Å². The van der Waals surface area contributed by atoms with Crippen LogP contribution in [-0.2, 0) is 16.1 Å². The maximum Gasteiger partial charge on any atom is 0.242 e. The van der Waals surface area contributed by atoms with Gasteiger partial charge in [0.1, 0.15) is 23.9 Å². The van der Waals surface area contributed by atoms with E-state index in [-0.39, 0.29) is 30.7 Å². The normalized spacial score (nSPS) is 13.3. The SMILES string of the molecule is COc1ccc(-c2ccc(N3CCN(C(=O)CN(Cc4ccc(F)cc4)C(C)=O)CC3)nn2)c(OC)c1. The molecule has 1 aliphatic rings. The molecule has 9 nitrogen and oxygen atoms in total. The maximum atomic E-state index is 13.2. The lowest BCUT2D eigenvalue weighted by Gasteiger charge is -2.36. The zero-order chi connectivity index (χ0) is 26.4. The van der Waals surface area contributed by atoms with Crippen molar-refractivity contribution in [1.82, 2.24) is 20.0 Å². The number of ether oxygens (including phenoxy) is 2. The first-order valence-corrected chi connectivity index (χ1v) is 12.0. The van der Waals surface area contributed by atoms with Crippen LogP contribution in [-0.4, -0.2) is 78.8 Å². The fourth-order valence-electron chi connectivity index (χ4n) is 4.18. The van der Waals surface area contributed by atoms with Crippen LogP contribution in [0.1, 0.15) is 12.5 Å². The van der Waals surface area contributed by atoms with Crippen molar-refractivity contribution in [2.75, 3.05) is 51.8 Å². The van der Waals surface area contributed by atoms with Gasteiger partial charge in [-0.15, -0.1) is 10.2 Å². The molecule has 2 aromatic carbocycles. The molecule has 4 rings (SSSR count). The molecule has 0 bridgehead atoms. The highest BCUT2D eigenvalue weighted by atomic mass is 19.1. The summed E-state index contributed by atoms with van der Waals surface area (Å²) in [4.78, 5) is 30.3. The largest absolute Gasteiger partial charge is 0.497 e. The summed E-state index contributed by atoms with van der Waals surface area (Å²) in [7, 11) is 3.20.